The Balaban J connectivity index is 2.17. The number of benzene rings is 1. The number of esters is 1. The zero-order valence-electron chi connectivity index (χ0n) is 10.6. The normalized spacial score (nSPS) is 10.2. The molecule has 0 saturated carbocycles. The highest BCUT2D eigenvalue weighted by atomic mass is 32.2. The third-order valence-corrected chi connectivity index (χ3v) is 3.56. The number of carbonyl (C=O) groups excluding carboxylic acids is 1. The van der Waals surface area contributed by atoms with Gasteiger partial charge < -0.3 is 9.26 Å². The van der Waals surface area contributed by atoms with Gasteiger partial charge in [0.15, 0.2) is 9.88 Å². The molecule has 104 valence electrons. The molecular weight excluding hydrogens is 298 g/mol. The molecule has 0 spiro atoms. The summed E-state index contributed by atoms with van der Waals surface area (Å²) in [6, 6.07) is 9.40. The van der Waals surface area contributed by atoms with Gasteiger partial charge in [-0.05, 0) is 31.3 Å². The van der Waals surface area contributed by atoms with Crippen LogP contribution in [0.5, 0.6) is 0 Å². The first-order chi connectivity index (χ1) is 9.61. The Morgan fingerprint density at radius 3 is 2.75 bits per heavy atom. The predicted octanol–water partition coefficient (Wildman–Crippen LogP) is 2.54. The summed E-state index contributed by atoms with van der Waals surface area (Å²) in [5.74, 6) is -0.715. The molecule has 0 radical (unpaired) electrons. The van der Waals surface area contributed by atoms with Crippen LogP contribution in [0.4, 0.5) is 0 Å². The lowest BCUT2D eigenvalue weighted by atomic mass is 10.4. The molecule has 2 rings (SSSR count). The van der Waals surface area contributed by atoms with Crippen LogP contribution < -0.4 is 5.63 Å². The van der Waals surface area contributed by atoms with E-state index in [2.05, 4.69) is 0 Å². The predicted molar refractivity (Wildman–Crippen MR) is 79.2 cm³/mol. The highest BCUT2D eigenvalue weighted by Gasteiger charge is 2.18. The van der Waals surface area contributed by atoms with Crippen LogP contribution in [0, 0.1) is 0 Å². The zero-order valence-corrected chi connectivity index (χ0v) is 12.2. The fraction of sp³-hybridized carbons (Fsp3) is 0.154. The minimum atomic E-state index is -0.764. The first-order valence-corrected chi connectivity index (χ1v) is 7.01. The van der Waals surface area contributed by atoms with Gasteiger partial charge in [-0.1, -0.05) is 30.0 Å². The van der Waals surface area contributed by atoms with E-state index in [0.29, 0.717) is 4.32 Å². The van der Waals surface area contributed by atoms with Gasteiger partial charge in [0, 0.05) is 4.90 Å². The summed E-state index contributed by atoms with van der Waals surface area (Å²) in [7, 11) is 0. The number of aromatic nitrogens is 1. The standard InChI is InChI=1S/C13H11NO4S2/c1-2-17-11(15)10-8-14(18-12(10)16)13(19)20-9-6-4-3-5-7-9/h3-8H,2H2,1H3. The first-order valence-electron chi connectivity index (χ1n) is 5.79. The maximum absolute atomic E-state index is 11.6. The molecule has 0 bridgehead atoms. The third-order valence-electron chi connectivity index (χ3n) is 2.27. The molecule has 5 nitrogen and oxygen atoms in total. The lowest BCUT2D eigenvalue weighted by Gasteiger charge is -2.01. The van der Waals surface area contributed by atoms with Crippen LogP contribution in [0.1, 0.15) is 17.3 Å². The van der Waals surface area contributed by atoms with Crippen LogP contribution in [0.25, 0.3) is 0 Å². The Bertz CT molecular complexity index is 675. The molecule has 2 aromatic rings. The van der Waals surface area contributed by atoms with Crippen molar-refractivity contribution in [3.8, 4) is 0 Å². The lowest BCUT2D eigenvalue weighted by Crippen LogP contribution is -2.12. The fourth-order valence-corrected chi connectivity index (χ4v) is 2.46. The summed E-state index contributed by atoms with van der Waals surface area (Å²) in [5, 5.41) is 0. The highest BCUT2D eigenvalue weighted by Crippen LogP contribution is 2.20. The summed E-state index contributed by atoms with van der Waals surface area (Å²) in [6.45, 7) is 1.85. The monoisotopic (exact) mass is 309 g/mol. The molecule has 7 heteroatoms. The molecule has 0 amide bonds. The van der Waals surface area contributed by atoms with E-state index in [-0.39, 0.29) is 12.2 Å². The van der Waals surface area contributed by atoms with Crippen LogP contribution in [0.2, 0.25) is 0 Å². The Kier molecular flexibility index (Phi) is 4.75. The van der Waals surface area contributed by atoms with Gasteiger partial charge in [0.1, 0.15) is 0 Å². The quantitative estimate of drug-likeness (QED) is 0.493. The summed E-state index contributed by atoms with van der Waals surface area (Å²) in [6.07, 6.45) is 1.25. The molecule has 0 atom stereocenters. The number of ether oxygens (including phenoxy) is 1. The van der Waals surface area contributed by atoms with E-state index in [1.165, 1.54) is 18.0 Å². The minimum Gasteiger partial charge on any atom is -0.462 e. The molecule has 0 saturated heterocycles. The van der Waals surface area contributed by atoms with Crippen molar-refractivity contribution < 1.29 is 14.1 Å². The highest BCUT2D eigenvalue weighted by molar-refractivity contribution is 8.23. The summed E-state index contributed by atoms with van der Waals surface area (Å²) in [4.78, 5) is 24.0. The molecule has 0 fully saturated rings. The van der Waals surface area contributed by atoms with E-state index in [9.17, 15) is 9.59 Å². The summed E-state index contributed by atoms with van der Waals surface area (Å²) >= 11 is 6.42. The minimum absolute atomic E-state index is 0.164. The number of nitrogens with zero attached hydrogens (tertiary/aromatic N) is 1. The second-order valence-electron chi connectivity index (χ2n) is 3.65. The van der Waals surface area contributed by atoms with Gasteiger partial charge in [-0.25, -0.2) is 9.59 Å². The van der Waals surface area contributed by atoms with Crippen molar-refractivity contribution in [1.29, 1.82) is 0 Å². The van der Waals surface area contributed by atoms with Crippen molar-refractivity contribution in [3.63, 3.8) is 0 Å². The van der Waals surface area contributed by atoms with Gasteiger partial charge in [0.25, 0.3) is 0 Å². The second kappa shape index (κ2) is 6.53. The third kappa shape index (κ3) is 3.37. The van der Waals surface area contributed by atoms with Crippen LogP contribution in [-0.2, 0) is 4.74 Å². The molecule has 0 aliphatic heterocycles. The van der Waals surface area contributed by atoms with Crippen LogP contribution in [-0.4, -0.2) is 21.6 Å². The molecule has 1 aromatic carbocycles. The Morgan fingerprint density at radius 1 is 1.40 bits per heavy atom. The average Bonchev–Trinajstić information content (AvgIpc) is 2.82. The van der Waals surface area contributed by atoms with E-state index in [0.717, 1.165) is 9.64 Å². The average molecular weight is 309 g/mol. The van der Waals surface area contributed by atoms with E-state index in [1.807, 2.05) is 30.3 Å². The van der Waals surface area contributed by atoms with E-state index < -0.39 is 11.6 Å². The van der Waals surface area contributed by atoms with E-state index >= 15 is 0 Å². The SMILES string of the molecule is CCOC(=O)c1cn(C(=S)Sc2ccccc2)oc1=O. The maximum atomic E-state index is 11.6. The molecule has 0 N–H and O–H groups in total. The van der Waals surface area contributed by atoms with Gasteiger partial charge in [-0.3, -0.25) is 0 Å². The zero-order chi connectivity index (χ0) is 14.5. The van der Waals surface area contributed by atoms with Gasteiger partial charge in [0.05, 0.1) is 12.8 Å². The van der Waals surface area contributed by atoms with Crippen LogP contribution >= 0.6 is 24.0 Å². The lowest BCUT2D eigenvalue weighted by molar-refractivity contribution is 0.0523. The van der Waals surface area contributed by atoms with Gasteiger partial charge in [-0.2, -0.15) is 4.74 Å². The number of hydrogen-bond donors (Lipinski definition) is 0. The molecule has 0 aliphatic rings. The Labute approximate surface area is 124 Å². The van der Waals surface area contributed by atoms with Crippen molar-refractivity contribution in [3.05, 3.63) is 52.5 Å². The van der Waals surface area contributed by atoms with Gasteiger partial charge >= 0.3 is 11.6 Å². The topological polar surface area (TPSA) is 61.4 Å². The smallest absolute Gasteiger partial charge is 0.372 e. The summed E-state index contributed by atoms with van der Waals surface area (Å²) in [5.41, 5.74) is -0.928. The maximum Gasteiger partial charge on any atom is 0.372 e. The number of carbonyl (C=O) groups is 1. The molecule has 1 heterocycles. The van der Waals surface area contributed by atoms with E-state index in [4.69, 9.17) is 21.5 Å². The first kappa shape index (κ1) is 14.5. The van der Waals surface area contributed by atoms with Crippen molar-refractivity contribution in [2.75, 3.05) is 6.61 Å². The number of hydrogen-bond acceptors (Lipinski definition) is 6. The molecule has 0 aliphatic carbocycles. The van der Waals surface area contributed by atoms with Crippen molar-refractivity contribution in [1.82, 2.24) is 4.74 Å². The van der Waals surface area contributed by atoms with Gasteiger partial charge in [-0.15, -0.1) is 0 Å². The molecule has 0 unspecified atom stereocenters. The van der Waals surface area contributed by atoms with Crippen LogP contribution in [0.15, 0.2) is 50.7 Å². The molecule has 20 heavy (non-hydrogen) atoms. The number of thiocarbonyl (C=S) groups is 1. The second-order valence-corrected chi connectivity index (χ2v) is 5.36. The largest absolute Gasteiger partial charge is 0.462 e. The van der Waals surface area contributed by atoms with Crippen molar-refractivity contribution >= 4 is 34.3 Å². The van der Waals surface area contributed by atoms with E-state index in [1.54, 1.807) is 6.92 Å². The summed E-state index contributed by atoms with van der Waals surface area (Å²) < 4.78 is 11.1. The molecule has 1 aromatic heterocycles. The fourth-order valence-electron chi connectivity index (χ4n) is 1.40. The number of thioether (sulfide) groups is 1. The Morgan fingerprint density at radius 2 is 2.10 bits per heavy atom. The number of rotatable bonds is 3. The van der Waals surface area contributed by atoms with Crippen LogP contribution in [0.3, 0.4) is 0 Å². The van der Waals surface area contributed by atoms with Crippen molar-refractivity contribution in [2.45, 2.75) is 11.8 Å². The molecular formula is C13H11NO4S2. The van der Waals surface area contributed by atoms with Crippen molar-refractivity contribution in [2.24, 2.45) is 0 Å². The Hall–Kier alpha value is -1.86. The van der Waals surface area contributed by atoms with Gasteiger partial charge in [0.2, 0.25) is 0 Å².